The van der Waals surface area contributed by atoms with Gasteiger partial charge in [-0.05, 0) is 37.3 Å². The number of benzene rings is 1. The van der Waals surface area contributed by atoms with Crippen LogP contribution in [0.2, 0.25) is 0 Å². The maximum Gasteiger partial charge on any atom is 0.102 e. The van der Waals surface area contributed by atoms with E-state index in [-0.39, 0.29) is 0 Å². The first kappa shape index (κ1) is 15.3. The molecule has 0 spiro atoms. The third-order valence-corrected chi connectivity index (χ3v) is 4.74. The Morgan fingerprint density at radius 2 is 2.23 bits per heavy atom. The molecule has 1 aliphatic carbocycles. The van der Waals surface area contributed by atoms with E-state index >= 15 is 0 Å². The van der Waals surface area contributed by atoms with Gasteiger partial charge in [-0.1, -0.05) is 30.7 Å². The summed E-state index contributed by atoms with van der Waals surface area (Å²) in [6, 6.07) is 7.00. The number of rotatable bonds is 4. The van der Waals surface area contributed by atoms with Crippen LogP contribution in [-0.4, -0.2) is 21.4 Å². The fourth-order valence-corrected chi connectivity index (χ4v) is 3.38. The Morgan fingerprint density at radius 1 is 1.45 bits per heavy atom. The van der Waals surface area contributed by atoms with E-state index in [9.17, 15) is 5.11 Å². The highest BCUT2D eigenvalue weighted by atomic mass is 16.3. The molecule has 0 unspecified atom stereocenters. The summed E-state index contributed by atoms with van der Waals surface area (Å²) in [5.74, 6) is 0.543. The topological polar surface area (TPSA) is 50.1 Å². The normalized spacial score (nSPS) is 23.3. The summed E-state index contributed by atoms with van der Waals surface area (Å²) in [7, 11) is 1.87. The minimum atomic E-state index is -0.916. The van der Waals surface area contributed by atoms with Crippen LogP contribution in [-0.2, 0) is 19.1 Å². The smallest absolute Gasteiger partial charge is 0.102 e. The number of aryl methyl sites for hydroxylation is 2. The lowest BCUT2D eigenvalue weighted by molar-refractivity contribution is 0.0521. The van der Waals surface area contributed by atoms with Crippen LogP contribution in [0.1, 0.15) is 42.1 Å². The molecular formula is C18H25N3O. The van der Waals surface area contributed by atoms with Crippen molar-refractivity contribution in [2.75, 3.05) is 6.54 Å². The number of hydrogen-bond acceptors (Lipinski definition) is 3. The molecule has 2 N–H and O–H groups in total. The zero-order chi connectivity index (χ0) is 15.9. The Morgan fingerprint density at radius 3 is 2.91 bits per heavy atom. The Hall–Kier alpha value is -1.65. The maximum atomic E-state index is 10.7. The third-order valence-electron chi connectivity index (χ3n) is 4.74. The minimum absolute atomic E-state index is 0.304. The molecular weight excluding hydrogens is 274 g/mol. The summed E-state index contributed by atoms with van der Waals surface area (Å²) in [6.07, 6.45) is 4.71. The zero-order valence-electron chi connectivity index (χ0n) is 13.8. The maximum absolute atomic E-state index is 10.7. The molecule has 4 heteroatoms. The second-order valence-electron chi connectivity index (χ2n) is 6.92. The van der Waals surface area contributed by atoms with E-state index in [4.69, 9.17) is 0 Å². The van der Waals surface area contributed by atoms with Gasteiger partial charge in [-0.25, -0.2) is 0 Å². The molecule has 0 bridgehead atoms. The van der Waals surface area contributed by atoms with E-state index < -0.39 is 5.60 Å². The van der Waals surface area contributed by atoms with E-state index in [1.807, 2.05) is 20.2 Å². The molecule has 1 aromatic heterocycles. The molecule has 1 aromatic carbocycles. The highest BCUT2D eigenvalue weighted by Crippen LogP contribution is 2.36. The van der Waals surface area contributed by atoms with Crippen molar-refractivity contribution >= 4 is 0 Å². The Balaban J connectivity index is 1.75. The monoisotopic (exact) mass is 299 g/mol. The Bertz CT molecular complexity index is 675. The first-order valence-corrected chi connectivity index (χ1v) is 7.91. The van der Waals surface area contributed by atoms with Crippen molar-refractivity contribution in [2.45, 2.75) is 38.8 Å². The van der Waals surface area contributed by atoms with Crippen molar-refractivity contribution in [3.05, 3.63) is 52.8 Å². The van der Waals surface area contributed by atoms with Gasteiger partial charge in [0.05, 0.1) is 6.20 Å². The van der Waals surface area contributed by atoms with Crippen LogP contribution in [0.4, 0.5) is 0 Å². The van der Waals surface area contributed by atoms with Crippen molar-refractivity contribution in [1.82, 2.24) is 15.1 Å². The fourth-order valence-electron chi connectivity index (χ4n) is 3.38. The van der Waals surface area contributed by atoms with E-state index in [1.165, 1.54) is 16.7 Å². The van der Waals surface area contributed by atoms with Crippen LogP contribution < -0.4 is 5.32 Å². The molecule has 4 nitrogen and oxygen atoms in total. The van der Waals surface area contributed by atoms with Gasteiger partial charge in [-0.2, -0.15) is 5.10 Å². The predicted molar refractivity (Wildman–Crippen MR) is 87.6 cm³/mol. The van der Waals surface area contributed by atoms with Gasteiger partial charge in [-0.15, -0.1) is 0 Å². The van der Waals surface area contributed by atoms with Crippen molar-refractivity contribution < 1.29 is 5.11 Å². The van der Waals surface area contributed by atoms with Crippen molar-refractivity contribution in [1.29, 1.82) is 0 Å². The van der Waals surface area contributed by atoms with E-state index in [0.717, 1.165) is 12.0 Å². The Labute approximate surface area is 132 Å². The van der Waals surface area contributed by atoms with E-state index in [0.29, 0.717) is 18.5 Å². The molecule has 0 radical (unpaired) electrons. The van der Waals surface area contributed by atoms with Gasteiger partial charge in [-0.3, -0.25) is 4.68 Å². The average Bonchev–Trinajstić information content (AvgIpc) is 3.00. The standard InChI is InChI=1S/C18H25N3O/c1-12-5-6-14-8-13(2)17(16(14)7-12)19-11-18(3,22)15-9-20-21(4)10-15/h5-7,9-10,13,17,19,22H,8,11H2,1-4H3/t13-,17+,18+/m0/s1. The van der Waals surface area contributed by atoms with Crippen LogP contribution in [0.3, 0.4) is 0 Å². The molecule has 0 saturated carbocycles. The lowest BCUT2D eigenvalue weighted by Gasteiger charge is -2.27. The highest BCUT2D eigenvalue weighted by molar-refractivity contribution is 5.38. The van der Waals surface area contributed by atoms with Gasteiger partial charge in [0, 0.05) is 31.4 Å². The summed E-state index contributed by atoms with van der Waals surface area (Å²) >= 11 is 0. The van der Waals surface area contributed by atoms with Crippen molar-refractivity contribution in [3.8, 4) is 0 Å². The largest absolute Gasteiger partial charge is 0.384 e. The number of nitrogens with one attached hydrogen (secondary N) is 1. The summed E-state index contributed by atoms with van der Waals surface area (Å²) in [5, 5.41) is 18.5. The lowest BCUT2D eigenvalue weighted by Crippen LogP contribution is -2.38. The fraction of sp³-hybridized carbons (Fsp3) is 0.500. The first-order valence-electron chi connectivity index (χ1n) is 7.91. The van der Waals surface area contributed by atoms with Crippen LogP contribution >= 0.6 is 0 Å². The Kier molecular flexibility index (Phi) is 3.83. The molecule has 3 rings (SSSR count). The number of fused-ring (bicyclic) bond motifs is 1. The summed E-state index contributed by atoms with van der Waals surface area (Å²) in [4.78, 5) is 0. The highest BCUT2D eigenvalue weighted by Gasteiger charge is 2.32. The number of hydrogen-bond donors (Lipinski definition) is 2. The lowest BCUT2D eigenvalue weighted by atomic mass is 9.96. The minimum Gasteiger partial charge on any atom is -0.384 e. The molecule has 118 valence electrons. The van der Waals surface area contributed by atoms with E-state index in [1.54, 1.807) is 10.9 Å². The van der Waals surface area contributed by atoms with Gasteiger partial charge in [0.25, 0.3) is 0 Å². The molecule has 22 heavy (non-hydrogen) atoms. The molecule has 0 fully saturated rings. The molecule has 0 amide bonds. The number of aromatic nitrogens is 2. The van der Waals surface area contributed by atoms with Gasteiger partial charge in [0.2, 0.25) is 0 Å². The molecule has 2 aromatic rings. The molecule has 3 atom stereocenters. The summed E-state index contributed by atoms with van der Waals surface area (Å²) in [5.41, 5.74) is 4.03. The van der Waals surface area contributed by atoms with Crippen LogP contribution in [0.5, 0.6) is 0 Å². The molecule has 0 aliphatic heterocycles. The second-order valence-corrected chi connectivity index (χ2v) is 6.92. The predicted octanol–water partition coefficient (Wildman–Crippen LogP) is 2.46. The number of nitrogens with zero attached hydrogens (tertiary/aromatic N) is 2. The van der Waals surface area contributed by atoms with Crippen molar-refractivity contribution in [2.24, 2.45) is 13.0 Å². The van der Waals surface area contributed by atoms with Crippen LogP contribution in [0, 0.1) is 12.8 Å². The van der Waals surface area contributed by atoms with E-state index in [2.05, 4.69) is 42.5 Å². The third kappa shape index (κ3) is 2.81. The molecule has 1 aliphatic rings. The van der Waals surface area contributed by atoms with Crippen molar-refractivity contribution in [3.63, 3.8) is 0 Å². The number of aliphatic hydroxyl groups is 1. The first-order chi connectivity index (χ1) is 10.4. The summed E-state index contributed by atoms with van der Waals surface area (Å²) in [6.45, 7) is 6.76. The van der Waals surface area contributed by atoms with Gasteiger partial charge in [0.15, 0.2) is 0 Å². The van der Waals surface area contributed by atoms with Gasteiger partial charge in [0.1, 0.15) is 5.60 Å². The SMILES string of the molecule is Cc1ccc2c(c1)[C@H](NC[C@@](C)(O)c1cnn(C)c1)[C@@H](C)C2. The zero-order valence-corrected chi connectivity index (χ0v) is 13.8. The van der Waals surface area contributed by atoms with Gasteiger partial charge >= 0.3 is 0 Å². The van der Waals surface area contributed by atoms with Crippen LogP contribution in [0.15, 0.2) is 30.6 Å². The second kappa shape index (κ2) is 5.52. The molecule has 0 saturated heterocycles. The molecule has 1 heterocycles. The quantitative estimate of drug-likeness (QED) is 0.912. The van der Waals surface area contributed by atoms with Gasteiger partial charge < -0.3 is 10.4 Å². The van der Waals surface area contributed by atoms with Crippen LogP contribution in [0.25, 0.3) is 0 Å². The summed E-state index contributed by atoms with van der Waals surface area (Å²) < 4.78 is 1.72. The average molecular weight is 299 g/mol.